The standard InChI is InChI=1S/C12H19NO3/c1-6-7(2)12(5-8(14)13-12)10(16)9(15)11(6,3)4/h6-7,9,15H,5H2,1-4H3,(H,13,14). The lowest BCUT2D eigenvalue weighted by Gasteiger charge is -2.57. The molecule has 2 fully saturated rings. The van der Waals surface area contributed by atoms with Gasteiger partial charge in [-0.1, -0.05) is 27.7 Å². The van der Waals surface area contributed by atoms with Crippen molar-refractivity contribution in [2.75, 3.05) is 0 Å². The SMILES string of the molecule is CC1C(C)C(C)(C)C(O)C(=O)C12CC(=O)N2. The monoisotopic (exact) mass is 225 g/mol. The molecule has 1 amide bonds. The normalized spacial score (nSPS) is 46.4. The molecule has 1 saturated carbocycles. The number of amides is 1. The highest BCUT2D eigenvalue weighted by molar-refractivity contribution is 6.05. The van der Waals surface area contributed by atoms with Gasteiger partial charge in [0.25, 0.3) is 0 Å². The Morgan fingerprint density at radius 3 is 2.19 bits per heavy atom. The van der Waals surface area contributed by atoms with Crippen LogP contribution >= 0.6 is 0 Å². The third kappa shape index (κ3) is 1.14. The van der Waals surface area contributed by atoms with Crippen LogP contribution in [0.2, 0.25) is 0 Å². The number of hydrogen-bond donors (Lipinski definition) is 2. The Labute approximate surface area is 95.4 Å². The van der Waals surface area contributed by atoms with Crippen LogP contribution < -0.4 is 5.32 Å². The molecule has 0 radical (unpaired) electrons. The van der Waals surface area contributed by atoms with Crippen LogP contribution in [0.3, 0.4) is 0 Å². The van der Waals surface area contributed by atoms with Crippen molar-refractivity contribution in [1.29, 1.82) is 0 Å². The van der Waals surface area contributed by atoms with Crippen LogP contribution in [0.4, 0.5) is 0 Å². The van der Waals surface area contributed by atoms with E-state index in [1.165, 1.54) is 0 Å². The fourth-order valence-electron chi connectivity index (χ4n) is 3.03. The summed E-state index contributed by atoms with van der Waals surface area (Å²) >= 11 is 0. The molecular formula is C12H19NO3. The van der Waals surface area contributed by atoms with E-state index in [2.05, 4.69) is 5.32 Å². The predicted molar refractivity (Wildman–Crippen MR) is 58.6 cm³/mol. The van der Waals surface area contributed by atoms with Crippen LogP contribution in [-0.4, -0.2) is 28.4 Å². The van der Waals surface area contributed by atoms with Crippen LogP contribution in [0.15, 0.2) is 0 Å². The number of carbonyl (C=O) groups is 2. The van der Waals surface area contributed by atoms with Gasteiger partial charge >= 0.3 is 0 Å². The smallest absolute Gasteiger partial charge is 0.223 e. The van der Waals surface area contributed by atoms with E-state index in [0.717, 1.165) is 0 Å². The van der Waals surface area contributed by atoms with E-state index in [0.29, 0.717) is 0 Å². The average Bonchev–Trinajstić information content (AvgIpc) is 2.18. The van der Waals surface area contributed by atoms with Crippen molar-refractivity contribution in [2.45, 2.75) is 45.8 Å². The summed E-state index contributed by atoms with van der Waals surface area (Å²) in [6.07, 6.45) is -0.760. The highest BCUT2D eigenvalue weighted by Gasteiger charge is 2.63. The van der Waals surface area contributed by atoms with Crippen molar-refractivity contribution >= 4 is 11.7 Å². The molecule has 1 heterocycles. The number of Topliss-reactive ketones (excluding diaryl/α,β-unsaturated/α-hetero) is 1. The molecule has 0 aromatic carbocycles. The summed E-state index contributed by atoms with van der Waals surface area (Å²) in [4.78, 5) is 23.3. The van der Waals surface area contributed by atoms with Gasteiger partial charge in [0, 0.05) is 5.41 Å². The minimum atomic E-state index is -0.987. The van der Waals surface area contributed by atoms with Crippen LogP contribution in [0.1, 0.15) is 34.1 Å². The van der Waals surface area contributed by atoms with E-state index in [1.54, 1.807) is 0 Å². The Morgan fingerprint density at radius 1 is 1.25 bits per heavy atom. The van der Waals surface area contributed by atoms with E-state index < -0.39 is 17.1 Å². The summed E-state index contributed by atoms with van der Waals surface area (Å²) in [6.45, 7) is 7.83. The van der Waals surface area contributed by atoms with E-state index in [1.807, 2.05) is 27.7 Å². The Kier molecular flexibility index (Phi) is 2.22. The number of aliphatic hydroxyl groups is 1. The van der Waals surface area contributed by atoms with Gasteiger partial charge in [-0.05, 0) is 11.8 Å². The lowest BCUT2D eigenvalue weighted by Crippen LogP contribution is -2.76. The van der Waals surface area contributed by atoms with E-state index >= 15 is 0 Å². The van der Waals surface area contributed by atoms with E-state index in [-0.39, 0.29) is 29.9 Å². The van der Waals surface area contributed by atoms with Gasteiger partial charge in [0.2, 0.25) is 5.91 Å². The molecule has 2 N–H and O–H groups in total. The fourth-order valence-corrected chi connectivity index (χ4v) is 3.03. The van der Waals surface area contributed by atoms with Gasteiger partial charge in [0.1, 0.15) is 11.6 Å². The molecule has 4 unspecified atom stereocenters. The zero-order valence-corrected chi connectivity index (χ0v) is 10.2. The molecule has 16 heavy (non-hydrogen) atoms. The summed E-state index contributed by atoms with van der Waals surface area (Å²) in [6, 6.07) is 0. The first-order chi connectivity index (χ1) is 7.23. The molecular weight excluding hydrogens is 206 g/mol. The summed E-state index contributed by atoms with van der Waals surface area (Å²) in [5.74, 6) is -0.0705. The molecule has 1 spiro atoms. The van der Waals surface area contributed by atoms with Gasteiger partial charge in [-0.3, -0.25) is 9.59 Å². The second kappa shape index (κ2) is 3.06. The summed E-state index contributed by atoms with van der Waals surface area (Å²) < 4.78 is 0. The molecule has 0 bridgehead atoms. The largest absolute Gasteiger partial charge is 0.385 e. The minimum Gasteiger partial charge on any atom is -0.385 e. The lowest BCUT2D eigenvalue weighted by atomic mass is 9.53. The van der Waals surface area contributed by atoms with Crippen molar-refractivity contribution in [1.82, 2.24) is 5.32 Å². The van der Waals surface area contributed by atoms with Crippen LogP contribution in [0.5, 0.6) is 0 Å². The Morgan fingerprint density at radius 2 is 1.75 bits per heavy atom. The van der Waals surface area contributed by atoms with Crippen LogP contribution in [0.25, 0.3) is 0 Å². The number of carbonyl (C=O) groups excluding carboxylic acids is 2. The number of ketones is 1. The van der Waals surface area contributed by atoms with Crippen molar-refractivity contribution < 1.29 is 14.7 Å². The first kappa shape index (κ1) is 11.6. The average molecular weight is 225 g/mol. The van der Waals surface area contributed by atoms with Crippen molar-refractivity contribution in [3.8, 4) is 0 Å². The van der Waals surface area contributed by atoms with Gasteiger partial charge in [0.15, 0.2) is 5.78 Å². The van der Waals surface area contributed by atoms with Gasteiger partial charge in [-0.2, -0.15) is 0 Å². The molecule has 2 rings (SSSR count). The summed E-state index contributed by atoms with van der Waals surface area (Å²) in [5, 5.41) is 12.8. The van der Waals surface area contributed by atoms with Gasteiger partial charge in [0.05, 0.1) is 6.42 Å². The minimum absolute atomic E-state index is 0.0658. The summed E-state index contributed by atoms with van der Waals surface area (Å²) in [5.41, 5.74) is -1.23. The molecule has 90 valence electrons. The van der Waals surface area contributed by atoms with Gasteiger partial charge in [-0.25, -0.2) is 0 Å². The van der Waals surface area contributed by atoms with Crippen molar-refractivity contribution in [3.05, 3.63) is 0 Å². The van der Waals surface area contributed by atoms with E-state index in [4.69, 9.17) is 0 Å². The fraction of sp³-hybridized carbons (Fsp3) is 0.833. The molecule has 2 aliphatic rings. The maximum absolute atomic E-state index is 12.2. The highest BCUT2D eigenvalue weighted by atomic mass is 16.3. The number of aliphatic hydroxyl groups excluding tert-OH is 1. The van der Waals surface area contributed by atoms with Gasteiger partial charge < -0.3 is 10.4 Å². The van der Waals surface area contributed by atoms with Crippen LogP contribution in [-0.2, 0) is 9.59 Å². The number of β-lactam (4-membered cyclic amide) rings is 1. The second-order valence-corrected chi connectivity index (χ2v) is 5.86. The Bertz CT molecular complexity index is 353. The number of hydrogen-bond acceptors (Lipinski definition) is 3. The van der Waals surface area contributed by atoms with Crippen molar-refractivity contribution in [2.24, 2.45) is 17.3 Å². The first-order valence-electron chi connectivity index (χ1n) is 5.77. The van der Waals surface area contributed by atoms with Crippen LogP contribution in [0, 0.1) is 17.3 Å². The number of nitrogens with one attached hydrogen (secondary N) is 1. The Balaban J connectivity index is 2.38. The van der Waals surface area contributed by atoms with Gasteiger partial charge in [-0.15, -0.1) is 0 Å². The zero-order chi connectivity index (χ0) is 12.3. The second-order valence-electron chi connectivity index (χ2n) is 5.86. The third-order valence-corrected chi connectivity index (χ3v) is 4.90. The quantitative estimate of drug-likeness (QED) is 0.589. The molecule has 4 heteroatoms. The highest BCUT2D eigenvalue weighted by Crippen LogP contribution is 2.49. The predicted octanol–water partition coefficient (Wildman–Crippen LogP) is 0.487. The lowest BCUT2D eigenvalue weighted by molar-refractivity contribution is -0.171. The Hall–Kier alpha value is -0.900. The molecule has 0 aromatic rings. The number of rotatable bonds is 0. The van der Waals surface area contributed by atoms with Crippen molar-refractivity contribution in [3.63, 3.8) is 0 Å². The topological polar surface area (TPSA) is 66.4 Å². The zero-order valence-electron chi connectivity index (χ0n) is 10.2. The first-order valence-corrected chi connectivity index (χ1v) is 5.77. The molecule has 1 aliphatic heterocycles. The molecule has 1 saturated heterocycles. The molecule has 4 atom stereocenters. The van der Waals surface area contributed by atoms with E-state index in [9.17, 15) is 14.7 Å². The molecule has 1 aliphatic carbocycles. The maximum Gasteiger partial charge on any atom is 0.223 e. The third-order valence-electron chi connectivity index (χ3n) is 4.90. The summed E-state index contributed by atoms with van der Waals surface area (Å²) in [7, 11) is 0. The molecule has 0 aromatic heterocycles. The molecule has 4 nitrogen and oxygen atoms in total. The maximum atomic E-state index is 12.2.